The second-order valence-electron chi connectivity index (χ2n) is 8.93. The summed E-state index contributed by atoms with van der Waals surface area (Å²) in [6.45, 7) is 6.27. The molecule has 0 aliphatic heterocycles. The fourth-order valence-electron chi connectivity index (χ4n) is 3.79. The number of carbonyl (C=O) groups excluding carboxylic acids is 1. The van der Waals surface area contributed by atoms with Gasteiger partial charge in [-0.1, -0.05) is 49.7 Å². The minimum atomic E-state index is -0.276. The molecule has 0 fully saturated rings. The van der Waals surface area contributed by atoms with Crippen molar-refractivity contribution in [3.8, 4) is 17.0 Å². The second-order valence-corrected chi connectivity index (χ2v) is 9.33. The van der Waals surface area contributed by atoms with E-state index in [2.05, 4.69) is 41.5 Å². The first-order chi connectivity index (χ1) is 17.4. The second kappa shape index (κ2) is 9.84. The van der Waals surface area contributed by atoms with Crippen LogP contribution < -0.4 is 5.32 Å². The van der Waals surface area contributed by atoms with Crippen LogP contribution in [0.25, 0.3) is 34.1 Å². The summed E-state index contributed by atoms with van der Waals surface area (Å²) in [4.78, 5) is 14.1. The molecule has 0 radical (unpaired) electrons. The fraction of sp³-hybridized carbons (Fsp3) is 0.138. The van der Waals surface area contributed by atoms with Gasteiger partial charge in [-0.15, -0.1) is 10.2 Å². The monoisotopic (exact) mass is 496 g/mol. The van der Waals surface area contributed by atoms with Crippen molar-refractivity contribution < 1.29 is 9.21 Å². The fourth-order valence-corrected chi connectivity index (χ4v) is 3.97. The van der Waals surface area contributed by atoms with E-state index in [1.54, 1.807) is 23.0 Å². The van der Waals surface area contributed by atoms with Gasteiger partial charge in [0.2, 0.25) is 5.91 Å². The number of benzene rings is 3. The van der Waals surface area contributed by atoms with E-state index in [0.29, 0.717) is 33.7 Å². The maximum atomic E-state index is 12.5. The van der Waals surface area contributed by atoms with Gasteiger partial charge in [0, 0.05) is 22.3 Å². The standard InChI is InChI=1S/C29H25ClN4O2/c1-18(2)20-6-9-23(10-7-20)34-32-26-13-8-22(17-27(26)33-34)31-29(35)15-12-24-11-14-28(36-24)21-5-4-19(3)25(30)16-21/h4-18H,1-3H3,(H,31,35)/b15-12+. The molecule has 7 heteroatoms. The molecule has 0 saturated carbocycles. The van der Waals surface area contributed by atoms with Gasteiger partial charge in [-0.3, -0.25) is 4.79 Å². The quantitative estimate of drug-likeness (QED) is 0.248. The van der Waals surface area contributed by atoms with Crippen molar-refractivity contribution >= 4 is 40.3 Å². The number of fused-ring (bicyclic) bond motifs is 1. The van der Waals surface area contributed by atoms with Crippen molar-refractivity contribution in [3.05, 3.63) is 101 Å². The molecule has 0 spiro atoms. The highest BCUT2D eigenvalue weighted by Crippen LogP contribution is 2.27. The van der Waals surface area contributed by atoms with Crippen molar-refractivity contribution in [2.75, 3.05) is 5.32 Å². The first-order valence-corrected chi connectivity index (χ1v) is 12.1. The Bertz CT molecular complexity index is 1580. The maximum Gasteiger partial charge on any atom is 0.248 e. The number of aryl methyl sites for hydroxylation is 1. The highest BCUT2D eigenvalue weighted by molar-refractivity contribution is 6.31. The van der Waals surface area contributed by atoms with Gasteiger partial charge in [-0.25, -0.2) is 0 Å². The van der Waals surface area contributed by atoms with E-state index in [1.807, 2.05) is 55.5 Å². The Kier molecular flexibility index (Phi) is 6.44. The number of nitrogens with zero attached hydrogens (tertiary/aromatic N) is 3. The molecule has 0 atom stereocenters. The van der Waals surface area contributed by atoms with Crippen molar-refractivity contribution in [3.63, 3.8) is 0 Å². The van der Waals surface area contributed by atoms with Gasteiger partial charge >= 0.3 is 0 Å². The lowest BCUT2D eigenvalue weighted by Gasteiger charge is -2.05. The van der Waals surface area contributed by atoms with Crippen LogP contribution in [0.2, 0.25) is 5.02 Å². The Morgan fingerprint density at radius 2 is 1.75 bits per heavy atom. The third-order valence-corrected chi connectivity index (χ3v) is 6.33. The molecule has 6 nitrogen and oxygen atoms in total. The van der Waals surface area contributed by atoms with Crippen LogP contribution in [0.15, 0.2) is 83.3 Å². The molecular weight excluding hydrogens is 472 g/mol. The van der Waals surface area contributed by atoms with Gasteiger partial charge in [0.25, 0.3) is 0 Å². The van der Waals surface area contributed by atoms with E-state index < -0.39 is 0 Å². The zero-order valence-electron chi connectivity index (χ0n) is 20.2. The minimum Gasteiger partial charge on any atom is -0.457 e. The normalized spacial score (nSPS) is 11.6. The summed E-state index contributed by atoms with van der Waals surface area (Å²) in [5.41, 5.74) is 6.10. The number of furan rings is 1. The molecule has 180 valence electrons. The number of rotatable bonds is 6. The molecular formula is C29H25ClN4O2. The number of amides is 1. The van der Waals surface area contributed by atoms with Gasteiger partial charge in [0.1, 0.15) is 22.6 Å². The van der Waals surface area contributed by atoms with E-state index in [9.17, 15) is 4.79 Å². The Balaban J connectivity index is 1.27. The topological polar surface area (TPSA) is 73.0 Å². The van der Waals surface area contributed by atoms with E-state index in [4.69, 9.17) is 16.0 Å². The molecule has 0 aliphatic carbocycles. The lowest BCUT2D eigenvalue weighted by molar-refractivity contribution is -0.111. The molecule has 3 aromatic carbocycles. The number of hydrogen-bond acceptors (Lipinski definition) is 4. The number of nitrogens with one attached hydrogen (secondary N) is 1. The summed E-state index contributed by atoms with van der Waals surface area (Å²) in [6, 6.07) is 23.1. The molecule has 0 bridgehead atoms. The number of aromatic nitrogens is 3. The van der Waals surface area contributed by atoms with Crippen molar-refractivity contribution in [1.29, 1.82) is 0 Å². The third-order valence-electron chi connectivity index (χ3n) is 5.92. The number of halogens is 1. The van der Waals surface area contributed by atoms with Crippen LogP contribution in [0.4, 0.5) is 5.69 Å². The molecule has 1 N–H and O–H groups in total. The van der Waals surface area contributed by atoms with Crippen LogP contribution in [0, 0.1) is 6.92 Å². The zero-order valence-corrected chi connectivity index (χ0v) is 21.0. The molecule has 0 aliphatic rings. The summed E-state index contributed by atoms with van der Waals surface area (Å²) in [5.74, 6) is 1.44. The van der Waals surface area contributed by atoms with Crippen LogP contribution >= 0.6 is 11.6 Å². The van der Waals surface area contributed by atoms with Crippen LogP contribution in [0.3, 0.4) is 0 Å². The van der Waals surface area contributed by atoms with Crippen LogP contribution in [-0.2, 0) is 4.79 Å². The predicted octanol–water partition coefficient (Wildman–Crippen LogP) is 7.42. The van der Waals surface area contributed by atoms with Gasteiger partial charge in [-0.05, 0) is 78.6 Å². The van der Waals surface area contributed by atoms with Crippen molar-refractivity contribution in [2.45, 2.75) is 26.7 Å². The SMILES string of the molecule is Cc1ccc(-c2ccc(/C=C/C(=O)Nc3ccc4nn(-c5ccc(C(C)C)cc5)nc4c3)o2)cc1Cl. The van der Waals surface area contributed by atoms with Crippen molar-refractivity contribution in [2.24, 2.45) is 0 Å². The Hall–Kier alpha value is -4.16. The number of hydrogen-bond donors (Lipinski definition) is 1. The first kappa shape index (κ1) is 23.6. The van der Waals surface area contributed by atoms with E-state index in [1.165, 1.54) is 11.6 Å². The predicted molar refractivity (Wildman–Crippen MR) is 145 cm³/mol. The number of carbonyl (C=O) groups is 1. The number of anilines is 1. The molecule has 0 saturated heterocycles. The molecule has 5 rings (SSSR count). The third kappa shape index (κ3) is 5.09. The smallest absolute Gasteiger partial charge is 0.248 e. The summed E-state index contributed by atoms with van der Waals surface area (Å²) in [6.07, 6.45) is 3.06. The molecule has 1 amide bonds. The Morgan fingerprint density at radius 1 is 0.972 bits per heavy atom. The maximum absolute atomic E-state index is 12.5. The average molecular weight is 497 g/mol. The summed E-state index contributed by atoms with van der Waals surface area (Å²) in [7, 11) is 0. The lowest BCUT2D eigenvalue weighted by Crippen LogP contribution is -2.07. The summed E-state index contributed by atoms with van der Waals surface area (Å²) in [5, 5.41) is 12.7. The van der Waals surface area contributed by atoms with E-state index >= 15 is 0 Å². The summed E-state index contributed by atoms with van der Waals surface area (Å²) < 4.78 is 5.84. The van der Waals surface area contributed by atoms with E-state index in [-0.39, 0.29) is 5.91 Å². The Morgan fingerprint density at radius 3 is 2.50 bits per heavy atom. The van der Waals surface area contributed by atoms with Gasteiger partial charge < -0.3 is 9.73 Å². The zero-order chi connectivity index (χ0) is 25.2. The molecule has 36 heavy (non-hydrogen) atoms. The average Bonchev–Trinajstić information content (AvgIpc) is 3.51. The first-order valence-electron chi connectivity index (χ1n) is 11.7. The van der Waals surface area contributed by atoms with Gasteiger partial charge in [0.15, 0.2) is 0 Å². The minimum absolute atomic E-state index is 0.276. The van der Waals surface area contributed by atoms with Crippen LogP contribution in [-0.4, -0.2) is 20.9 Å². The highest BCUT2D eigenvalue weighted by Gasteiger charge is 2.09. The molecule has 2 heterocycles. The highest BCUT2D eigenvalue weighted by atomic mass is 35.5. The Labute approximate surface area is 214 Å². The van der Waals surface area contributed by atoms with Crippen LogP contribution in [0.1, 0.15) is 36.7 Å². The van der Waals surface area contributed by atoms with Crippen molar-refractivity contribution in [1.82, 2.24) is 15.0 Å². The molecule has 0 unspecified atom stereocenters. The molecule has 2 aromatic heterocycles. The largest absolute Gasteiger partial charge is 0.457 e. The van der Waals surface area contributed by atoms with E-state index in [0.717, 1.165) is 22.3 Å². The molecule has 5 aromatic rings. The lowest BCUT2D eigenvalue weighted by atomic mass is 10.0. The van der Waals surface area contributed by atoms with Gasteiger partial charge in [-0.2, -0.15) is 4.80 Å². The summed E-state index contributed by atoms with van der Waals surface area (Å²) >= 11 is 6.22. The van der Waals surface area contributed by atoms with Gasteiger partial charge in [0.05, 0.1) is 5.69 Å². The van der Waals surface area contributed by atoms with Crippen LogP contribution in [0.5, 0.6) is 0 Å².